The summed E-state index contributed by atoms with van der Waals surface area (Å²) < 4.78 is 27.6. The number of nitrogens with one attached hydrogen (secondary N) is 1. The minimum absolute atomic E-state index is 0.00203. The molecule has 0 radical (unpaired) electrons. The third-order valence-corrected chi connectivity index (χ3v) is 6.93. The van der Waals surface area contributed by atoms with Gasteiger partial charge in [0, 0.05) is 18.2 Å². The van der Waals surface area contributed by atoms with Gasteiger partial charge in [-0.05, 0) is 49.6 Å². The zero-order chi connectivity index (χ0) is 18.9. The summed E-state index contributed by atoms with van der Waals surface area (Å²) in [7, 11) is -3.86. The van der Waals surface area contributed by atoms with Crippen LogP contribution in [0.3, 0.4) is 0 Å². The molecular weight excluding hydrogens is 372 g/mol. The first-order valence-corrected chi connectivity index (χ1v) is 10.3. The van der Waals surface area contributed by atoms with Gasteiger partial charge >= 0.3 is 0 Å². The topological polar surface area (TPSA) is 66.5 Å². The van der Waals surface area contributed by atoms with Gasteiger partial charge in [-0.2, -0.15) is 0 Å². The van der Waals surface area contributed by atoms with E-state index in [-0.39, 0.29) is 28.3 Å². The number of carbonyl (C=O) groups excluding carboxylic acids is 1. The molecule has 1 amide bonds. The zero-order valence-corrected chi connectivity index (χ0v) is 16.2. The van der Waals surface area contributed by atoms with Crippen LogP contribution in [0.4, 0.5) is 11.4 Å². The van der Waals surface area contributed by atoms with E-state index in [1.807, 2.05) is 13.0 Å². The summed E-state index contributed by atoms with van der Waals surface area (Å²) in [4.78, 5) is 12.1. The summed E-state index contributed by atoms with van der Waals surface area (Å²) in [5.74, 6) is 0.292. The third-order valence-electron chi connectivity index (χ3n) is 4.54. The molecule has 0 saturated heterocycles. The van der Waals surface area contributed by atoms with Gasteiger partial charge in [0.05, 0.1) is 10.7 Å². The highest BCUT2D eigenvalue weighted by Gasteiger charge is 2.39. The molecule has 2 unspecified atom stereocenters. The quantitative estimate of drug-likeness (QED) is 0.802. The molecule has 0 heterocycles. The minimum atomic E-state index is -3.86. The second kappa shape index (κ2) is 7.29. The number of rotatable bonds is 6. The molecule has 0 bridgehead atoms. The van der Waals surface area contributed by atoms with Crippen molar-refractivity contribution in [2.24, 2.45) is 11.8 Å². The van der Waals surface area contributed by atoms with Crippen LogP contribution in [0, 0.1) is 11.8 Å². The number of nitrogens with zero attached hydrogens (tertiary/aromatic N) is 1. The highest BCUT2D eigenvalue weighted by atomic mass is 35.5. The number of carbonyl (C=O) groups is 1. The molecule has 2 atom stereocenters. The Morgan fingerprint density at radius 3 is 2.46 bits per heavy atom. The fourth-order valence-corrected chi connectivity index (χ4v) is 4.88. The maximum atomic E-state index is 13.1. The fraction of sp³-hybridized carbons (Fsp3) is 0.316. The van der Waals surface area contributed by atoms with Gasteiger partial charge in [-0.3, -0.25) is 9.10 Å². The average molecular weight is 393 g/mol. The second-order valence-corrected chi connectivity index (χ2v) is 8.70. The van der Waals surface area contributed by atoms with E-state index in [1.165, 1.54) is 16.4 Å². The Morgan fingerprint density at radius 2 is 1.88 bits per heavy atom. The second-order valence-electron chi connectivity index (χ2n) is 6.46. The van der Waals surface area contributed by atoms with E-state index in [9.17, 15) is 13.2 Å². The molecule has 1 N–H and O–H groups in total. The zero-order valence-electron chi connectivity index (χ0n) is 14.6. The molecule has 1 saturated carbocycles. The lowest BCUT2D eigenvalue weighted by Gasteiger charge is -2.23. The van der Waals surface area contributed by atoms with Crippen LogP contribution in [-0.2, 0) is 14.8 Å². The van der Waals surface area contributed by atoms with Gasteiger partial charge in [0.25, 0.3) is 10.0 Å². The Morgan fingerprint density at radius 1 is 1.23 bits per heavy atom. The maximum Gasteiger partial charge on any atom is 0.265 e. The van der Waals surface area contributed by atoms with E-state index in [4.69, 9.17) is 11.6 Å². The van der Waals surface area contributed by atoms with E-state index in [0.717, 1.165) is 6.42 Å². The average Bonchev–Trinajstić information content (AvgIpc) is 3.35. The van der Waals surface area contributed by atoms with Crippen molar-refractivity contribution in [3.63, 3.8) is 0 Å². The maximum absolute atomic E-state index is 13.1. The molecule has 26 heavy (non-hydrogen) atoms. The number of sulfonamides is 1. The van der Waals surface area contributed by atoms with E-state index in [2.05, 4.69) is 5.32 Å². The van der Waals surface area contributed by atoms with E-state index >= 15 is 0 Å². The summed E-state index contributed by atoms with van der Waals surface area (Å²) >= 11 is 6.19. The number of hydrogen-bond acceptors (Lipinski definition) is 3. The molecule has 3 rings (SSSR count). The molecule has 5 nitrogen and oxygen atoms in total. The Bertz CT molecular complexity index is 916. The lowest BCUT2D eigenvalue weighted by atomic mass is 10.3. The molecule has 1 aliphatic carbocycles. The molecule has 1 aliphatic rings. The van der Waals surface area contributed by atoms with E-state index in [1.54, 1.807) is 37.3 Å². The predicted octanol–water partition coefficient (Wildman–Crippen LogP) is 4.15. The van der Waals surface area contributed by atoms with Crippen molar-refractivity contribution in [1.82, 2.24) is 0 Å². The highest BCUT2D eigenvalue weighted by molar-refractivity contribution is 7.93. The lowest BCUT2D eigenvalue weighted by Crippen LogP contribution is -2.31. The van der Waals surface area contributed by atoms with Crippen molar-refractivity contribution in [2.45, 2.75) is 25.2 Å². The highest BCUT2D eigenvalue weighted by Crippen LogP contribution is 2.39. The predicted molar refractivity (Wildman–Crippen MR) is 104 cm³/mol. The summed E-state index contributed by atoms with van der Waals surface area (Å²) in [6.45, 7) is 4.04. The van der Waals surface area contributed by atoms with Crippen LogP contribution < -0.4 is 9.62 Å². The van der Waals surface area contributed by atoms with Gasteiger partial charge in [-0.15, -0.1) is 0 Å². The van der Waals surface area contributed by atoms with Crippen LogP contribution in [0.5, 0.6) is 0 Å². The molecule has 138 valence electrons. The number of halogens is 1. The van der Waals surface area contributed by atoms with Crippen LogP contribution in [0.15, 0.2) is 53.4 Å². The van der Waals surface area contributed by atoms with Crippen molar-refractivity contribution < 1.29 is 13.2 Å². The van der Waals surface area contributed by atoms with Crippen molar-refractivity contribution in [2.75, 3.05) is 16.2 Å². The summed E-state index contributed by atoms with van der Waals surface area (Å²) in [6, 6.07) is 13.4. The fourth-order valence-electron chi connectivity index (χ4n) is 2.91. The number of hydrogen-bond donors (Lipinski definition) is 1. The number of para-hydroxylation sites is 1. The molecule has 2 aromatic carbocycles. The largest absolute Gasteiger partial charge is 0.326 e. The number of benzene rings is 2. The number of amides is 1. The van der Waals surface area contributed by atoms with Gasteiger partial charge in [0.1, 0.15) is 4.90 Å². The van der Waals surface area contributed by atoms with Crippen LogP contribution in [0.25, 0.3) is 0 Å². The standard InChI is InChI=1S/C19H21ClN2O3S/c1-3-22(15-7-5-4-6-8-15)26(24,25)18-12-14(9-10-17(18)20)21-19(23)16-11-13(16)2/h4-10,12-13,16H,3,11H2,1-2H3,(H,21,23). The Balaban J connectivity index is 1.93. The van der Waals surface area contributed by atoms with E-state index < -0.39 is 10.0 Å². The smallest absolute Gasteiger partial charge is 0.265 e. The number of anilines is 2. The molecule has 0 aromatic heterocycles. The SMILES string of the molecule is CCN(c1ccccc1)S(=O)(=O)c1cc(NC(=O)C2CC2C)ccc1Cl. The summed E-state index contributed by atoms with van der Waals surface area (Å²) in [5, 5.41) is 2.91. The molecular formula is C19H21ClN2O3S. The molecule has 0 spiro atoms. The first-order chi connectivity index (χ1) is 12.3. The van der Waals surface area contributed by atoms with E-state index in [0.29, 0.717) is 17.3 Å². The van der Waals surface area contributed by atoms with Gasteiger partial charge in [-0.1, -0.05) is 36.7 Å². The molecule has 2 aromatic rings. The van der Waals surface area contributed by atoms with Gasteiger partial charge < -0.3 is 5.32 Å². The van der Waals surface area contributed by atoms with Crippen LogP contribution in [0.1, 0.15) is 20.3 Å². The van der Waals surface area contributed by atoms with Crippen LogP contribution in [0.2, 0.25) is 5.02 Å². The van der Waals surface area contributed by atoms with Crippen molar-refractivity contribution in [1.29, 1.82) is 0 Å². The van der Waals surface area contributed by atoms with Crippen molar-refractivity contribution in [3.8, 4) is 0 Å². The monoisotopic (exact) mass is 392 g/mol. The van der Waals surface area contributed by atoms with Gasteiger partial charge in [-0.25, -0.2) is 8.42 Å². The Kier molecular flexibility index (Phi) is 5.25. The lowest BCUT2D eigenvalue weighted by molar-refractivity contribution is -0.117. The van der Waals surface area contributed by atoms with Crippen molar-refractivity contribution >= 4 is 38.9 Å². The van der Waals surface area contributed by atoms with Gasteiger partial charge in [0.15, 0.2) is 0 Å². The van der Waals surface area contributed by atoms with Crippen LogP contribution >= 0.6 is 11.6 Å². The Labute approximate surface area is 159 Å². The molecule has 1 fully saturated rings. The third kappa shape index (κ3) is 3.71. The van der Waals surface area contributed by atoms with Crippen molar-refractivity contribution in [3.05, 3.63) is 53.6 Å². The Hall–Kier alpha value is -2.05. The molecule has 0 aliphatic heterocycles. The van der Waals surface area contributed by atoms with Crippen LogP contribution in [-0.4, -0.2) is 20.9 Å². The first-order valence-electron chi connectivity index (χ1n) is 8.52. The summed E-state index contributed by atoms with van der Waals surface area (Å²) in [5.41, 5.74) is 0.994. The summed E-state index contributed by atoms with van der Waals surface area (Å²) in [6.07, 6.45) is 0.863. The first kappa shape index (κ1) is 18.7. The molecule has 7 heteroatoms. The minimum Gasteiger partial charge on any atom is -0.326 e. The normalized spacial score (nSPS) is 19.0. The van der Waals surface area contributed by atoms with Gasteiger partial charge in [0.2, 0.25) is 5.91 Å².